The molecule has 0 spiro atoms. The van der Waals surface area contributed by atoms with Crippen molar-refractivity contribution in [3.05, 3.63) is 0 Å². The van der Waals surface area contributed by atoms with Gasteiger partial charge in [0, 0.05) is 31.8 Å². The van der Waals surface area contributed by atoms with Gasteiger partial charge in [-0.05, 0) is 53.4 Å². The van der Waals surface area contributed by atoms with E-state index in [2.05, 4.69) is 12.2 Å². The van der Waals surface area contributed by atoms with Crippen molar-refractivity contribution in [2.45, 2.75) is 96.1 Å². The normalized spacial score (nSPS) is 32.7. The SMILES string of the molecule is COC1CCCCC1NC1CCN(C(=O)OC(C)(C)C)C(C)C1. The molecule has 0 aromatic rings. The van der Waals surface area contributed by atoms with Crippen LogP contribution in [0, 0.1) is 0 Å². The smallest absolute Gasteiger partial charge is 0.410 e. The molecule has 5 nitrogen and oxygen atoms in total. The molecule has 0 aromatic carbocycles. The number of hydrogen-bond acceptors (Lipinski definition) is 4. The van der Waals surface area contributed by atoms with Crippen LogP contribution >= 0.6 is 0 Å². The molecule has 0 aromatic heterocycles. The van der Waals surface area contributed by atoms with Crippen molar-refractivity contribution in [3.8, 4) is 0 Å². The largest absolute Gasteiger partial charge is 0.444 e. The Labute approximate surface area is 141 Å². The number of rotatable bonds is 3. The lowest BCUT2D eigenvalue weighted by Gasteiger charge is -2.41. The maximum absolute atomic E-state index is 12.3. The molecule has 1 amide bonds. The Morgan fingerprint density at radius 2 is 1.87 bits per heavy atom. The van der Waals surface area contributed by atoms with E-state index in [1.54, 1.807) is 0 Å². The highest BCUT2D eigenvalue weighted by molar-refractivity contribution is 5.68. The van der Waals surface area contributed by atoms with Crippen molar-refractivity contribution >= 4 is 6.09 Å². The van der Waals surface area contributed by atoms with E-state index >= 15 is 0 Å². The van der Waals surface area contributed by atoms with Crippen molar-refractivity contribution in [2.24, 2.45) is 0 Å². The maximum atomic E-state index is 12.3. The fourth-order valence-electron chi connectivity index (χ4n) is 3.79. The molecule has 1 aliphatic heterocycles. The zero-order valence-electron chi connectivity index (χ0n) is 15.4. The van der Waals surface area contributed by atoms with E-state index in [0.29, 0.717) is 18.2 Å². The van der Waals surface area contributed by atoms with Gasteiger partial charge in [0.15, 0.2) is 0 Å². The van der Waals surface area contributed by atoms with Crippen molar-refractivity contribution in [1.82, 2.24) is 10.2 Å². The Hall–Kier alpha value is -0.810. The summed E-state index contributed by atoms with van der Waals surface area (Å²) in [5, 5.41) is 3.79. The number of nitrogens with zero attached hydrogens (tertiary/aromatic N) is 1. The molecule has 1 heterocycles. The number of ether oxygens (including phenoxy) is 2. The first-order valence-corrected chi connectivity index (χ1v) is 9.08. The summed E-state index contributed by atoms with van der Waals surface area (Å²) in [6.07, 6.45) is 7.01. The van der Waals surface area contributed by atoms with E-state index in [4.69, 9.17) is 9.47 Å². The predicted molar refractivity (Wildman–Crippen MR) is 91.6 cm³/mol. The third kappa shape index (κ3) is 5.35. The van der Waals surface area contributed by atoms with Crippen LogP contribution < -0.4 is 5.32 Å². The molecule has 1 aliphatic carbocycles. The van der Waals surface area contributed by atoms with Crippen LogP contribution in [0.15, 0.2) is 0 Å². The number of piperidine rings is 1. The Kier molecular flexibility index (Phi) is 6.32. The van der Waals surface area contributed by atoms with Crippen LogP contribution in [-0.2, 0) is 9.47 Å². The van der Waals surface area contributed by atoms with Crippen LogP contribution in [0.4, 0.5) is 4.79 Å². The lowest BCUT2D eigenvalue weighted by atomic mass is 9.90. The highest BCUT2D eigenvalue weighted by Gasteiger charge is 2.34. The summed E-state index contributed by atoms with van der Waals surface area (Å²) in [7, 11) is 1.82. The summed E-state index contributed by atoms with van der Waals surface area (Å²) in [5.41, 5.74) is -0.431. The lowest BCUT2D eigenvalue weighted by Crippen LogP contribution is -2.55. The number of carbonyl (C=O) groups excluding carboxylic acids is 1. The summed E-state index contributed by atoms with van der Waals surface area (Å²) in [4.78, 5) is 14.2. The van der Waals surface area contributed by atoms with Crippen molar-refractivity contribution in [2.75, 3.05) is 13.7 Å². The van der Waals surface area contributed by atoms with E-state index in [9.17, 15) is 4.79 Å². The quantitative estimate of drug-likeness (QED) is 0.864. The minimum Gasteiger partial charge on any atom is -0.444 e. The molecule has 2 rings (SSSR count). The van der Waals surface area contributed by atoms with Crippen molar-refractivity contribution < 1.29 is 14.3 Å². The average Bonchev–Trinajstić information content (AvgIpc) is 2.46. The Balaban J connectivity index is 1.84. The van der Waals surface area contributed by atoms with Crippen LogP contribution in [0.1, 0.15) is 66.2 Å². The highest BCUT2D eigenvalue weighted by Crippen LogP contribution is 2.25. The van der Waals surface area contributed by atoms with E-state index < -0.39 is 5.60 Å². The monoisotopic (exact) mass is 326 g/mol. The first kappa shape index (κ1) is 18.5. The van der Waals surface area contributed by atoms with Gasteiger partial charge in [0.05, 0.1) is 6.10 Å². The van der Waals surface area contributed by atoms with Crippen LogP contribution in [0.25, 0.3) is 0 Å². The molecule has 2 aliphatic rings. The molecule has 1 saturated carbocycles. The van der Waals surface area contributed by atoms with Gasteiger partial charge in [0.1, 0.15) is 5.60 Å². The summed E-state index contributed by atoms with van der Waals surface area (Å²) in [6.45, 7) is 8.62. The molecule has 1 saturated heterocycles. The second-order valence-electron chi connectivity index (χ2n) is 8.08. The average molecular weight is 326 g/mol. The molecule has 134 valence electrons. The van der Waals surface area contributed by atoms with Gasteiger partial charge in [-0.25, -0.2) is 4.79 Å². The molecule has 5 heteroatoms. The fourth-order valence-corrected chi connectivity index (χ4v) is 3.79. The molecule has 0 radical (unpaired) electrons. The number of likely N-dealkylation sites (tertiary alicyclic amines) is 1. The molecule has 2 fully saturated rings. The van der Waals surface area contributed by atoms with Crippen LogP contribution in [0.3, 0.4) is 0 Å². The second-order valence-corrected chi connectivity index (χ2v) is 8.08. The van der Waals surface area contributed by atoms with Crippen LogP contribution in [0.2, 0.25) is 0 Å². The topological polar surface area (TPSA) is 50.8 Å². The molecule has 4 unspecified atom stereocenters. The number of methoxy groups -OCH3 is 1. The van der Waals surface area contributed by atoms with Crippen LogP contribution in [-0.4, -0.2) is 54.5 Å². The Morgan fingerprint density at radius 3 is 2.48 bits per heavy atom. The first-order valence-electron chi connectivity index (χ1n) is 9.08. The summed E-state index contributed by atoms with van der Waals surface area (Å²) < 4.78 is 11.2. The maximum Gasteiger partial charge on any atom is 0.410 e. The molecular formula is C18H34N2O3. The molecule has 1 N–H and O–H groups in total. The zero-order chi connectivity index (χ0) is 17.0. The van der Waals surface area contributed by atoms with Crippen LogP contribution in [0.5, 0.6) is 0 Å². The van der Waals surface area contributed by atoms with Gasteiger partial charge in [-0.15, -0.1) is 0 Å². The van der Waals surface area contributed by atoms with E-state index in [0.717, 1.165) is 25.8 Å². The zero-order valence-corrected chi connectivity index (χ0v) is 15.4. The Bertz CT molecular complexity index is 394. The first-order chi connectivity index (χ1) is 10.8. The molecule has 23 heavy (non-hydrogen) atoms. The van der Waals surface area contributed by atoms with Crippen molar-refractivity contribution in [3.63, 3.8) is 0 Å². The van der Waals surface area contributed by atoms with Gasteiger partial charge in [-0.3, -0.25) is 0 Å². The highest BCUT2D eigenvalue weighted by atomic mass is 16.6. The molecule has 0 bridgehead atoms. The number of amides is 1. The third-order valence-electron chi connectivity index (χ3n) is 4.96. The van der Waals surface area contributed by atoms with E-state index in [-0.39, 0.29) is 12.1 Å². The lowest BCUT2D eigenvalue weighted by molar-refractivity contribution is 0.00421. The van der Waals surface area contributed by atoms with Crippen molar-refractivity contribution in [1.29, 1.82) is 0 Å². The third-order valence-corrected chi connectivity index (χ3v) is 4.96. The van der Waals surface area contributed by atoms with E-state index in [1.807, 2.05) is 32.8 Å². The van der Waals surface area contributed by atoms with Gasteiger partial charge in [0.25, 0.3) is 0 Å². The van der Waals surface area contributed by atoms with Gasteiger partial charge in [0.2, 0.25) is 0 Å². The van der Waals surface area contributed by atoms with E-state index in [1.165, 1.54) is 19.3 Å². The standard InChI is InChI=1S/C18H34N2O3/c1-13-12-14(19-15-8-6-7-9-16(15)22-5)10-11-20(13)17(21)23-18(2,3)4/h13-16,19H,6-12H2,1-5H3. The minimum absolute atomic E-state index is 0.184. The summed E-state index contributed by atoms with van der Waals surface area (Å²) in [5.74, 6) is 0. The second kappa shape index (κ2) is 7.84. The predicted octanol–water partition coefficient (Wildman–Crippen LogP) is 3.32. The van der Waals surface area contributed by atoms with Gasteiger partial charge < -0.3 is 19.7 Å². The molecule has 4 atom stereocenters. The fraction of sp³-hybridized carbons (Fsp3) is 0.944. The summed E-state index contributed by atoms with van der Waals surface area (Å²) >= 11 is 0. The Morgan fingerprint density at radius 1 is 1.17 bits per heavy atom. The number of nitrogens with one attached hydrogen (secondary N) is 1. The minimum atomic E-state index is -0.431. The number of carbonyl (C=O) groups is 1. The van der Waals surface area contributed by atoms with Gasteiger partial charge in [-0.2, -0.15) is 0 Å². The molecular weight excluding hydrogens is 292 g/mol. The van der Waals surface area contributed by atoms with Gasteiger partial charge >= 0.3 is 6.09 Å². The van der Waals surface area contributed by atoms with Gasteiger partial charge in [-0.1, -0.05) is 12.8 Å². The summed E-state index contributed by atoms with van der Waals surface area (Å²) in [6, 6.07) is 1.13. The number of hydrogen-bond donors (Lipinski definition) is 1.